The molecule has 11 nitrogen and oxygen atoms in total. The van der Waals surface area contributed by atoms with Gasteiger partial charge in [-0.05, 0) is 39.0 Å². The Morgan fingerprint density at radius 1 is 0.780 bits per heavy atom. The Bertz CT molecular complexity index is 946. The standard InChI is InChI=1S/C29H54N6O5S.H2/c1-25(26(2)36)19-16-17-23-30-28(37)22-18-24-41(39,40)33-29(38)21-15-13-11-9-7-5-3-4-6-8-10-12-14-20-27-31-34-35-32-27;/h25H,3-24H2,1-2H3,(H,30,37)(H,33,38)(H,31,32,34,35);1H/t25-;/m0./s1. The van der Waals surface area contributed by atoms with Crippen LogP contribution >= 0.6 is 0 Å². The molecule has 0 unspecified atom stereocenters. The number of aryl methyl sites for hydroxylation is 1. The highest BCUT2D eigenvalue weighted by Gasteiger charge is 2.15. The molecule has 0 aliphatic carbocycles. The van der Waals surface area contributed by atoms with Crippen LogP contribution in [0.1, 0.15) is 143 Å². The molecule has 41 heavy (non-hydrogen) atoms. The van der Waals surface area contributed by atoms with Crippen molar-refractivity contribution in [2.75, 3.05) is 12.3 Å². The Hall–Kier alpha value is -2.37. The second-order valence-corrected chi connectivity index (χ2v) is 13.1. The van der Waals surface area contributed by atoms with Crippen molar-refractivity contribution in [3.05, 3.63) is 5.82 Å². The fraction of sp³-hybridized carbons (Fsp3) is 0.862. The van der Waals surface area contributed by atoms with E-state index in [1.54, 1.807) is 6.92 Å². The molecule has 0 radical (unpaired) electrons. The number of aromatic nitrogens is 4. The van der Waals surface area contributed by atoms with Gasteiger partial charge < -0.3 is 5.32 Å². The van der Waals surface area contributed by atoms with E-state index in [2.05, 4.69) is 30.7 Å². The lowest BCUT2D eigenvalue weighted by molar-refractivity contribution is -0.121. The van der Waals surface area contributed by atoms with Crippen molar-refractivity contribution < 1.29 is 24.2 Å². The van der Waals surface area contributed by atoms with E-state index < -0.39 is 15.9 Å². The SMILES string of the molecule is CC(=O)[C@@H](C)CCCCNC(=O)CCCS(=O)(=O)NC(=O)CCCCCCCCCCCCCCCc1nn[nH]n1.[HH]. The minimum Gasteiger partial charge on any atom is -0.356 e. The second-order valence-electron chi connectivity index (χ2n) is 11.2. The number of hydrogen-bond donors (Lipinski definition) is 3. The highest BCUT2D eigenvalue weighted by molar-refractivity contribution is 7.90. The van der Waals surface area contributed by atoms with Crippen LogP contribution < -0.4 is 10.0 Å². The molecule has 0 aliphatic heterocycles. The van der Waals surface area contributed by atoms with Crippen molar-refractivity contribution >= 4 is 27.6 Å². The highest BCUT2D eigenvalue weighted by Crippen LogP contribution is 2.13. The van der Waals surface area contributed by atoms with Crippen LogP contribution in [0.15, 0.2) is 0 Å². The number of aromatic amines is 1. The molecule has 2 amide bonds. The van der Waals surface area contributed by atoms with Gasteiger partial charge in [0.05, 0.1) is 5.75 Å². The number of rotatable bonds is 27. The van der Waals surface area contributed by atoms with E-state index in [0.29, 0.717) is 13.0 Å². The number of ketones is 1. The molecule has 1 rings (SSSR count). The van der Waals surface area contributed by atoms with Crippen molar-refractivity contribution in [2.24, 2.45) is 5.92 Å². The van der Waals surface area contributed by atoms with E-state index in [9.17, 15) is 22.8 Å². The maximum Gasteiger partial charge on any atom is 0.234 e. The van der Waals surface area contributed by atoms with E-state index in [4.69, 9.17) is 0 Å². The number of carbonyl (C=O) groups is 3. The molecular formula is C29H56N6O5S. The summed E-state index contributed by atoms with van der Waals surface area (Å²) in [5, 5.41) is 16.7. The monoisotopic (exact) mass is 600 g/mol. The zero-order chi connectivity index (χ0) is 30.2. The van der Waals surface area contributed by atoms with Crippen molar-refractivity contribution in [3.63, 3.8) is 0 Å². The first-order chi connectivity index (χ1) is 19.7. The zero-order valence-electron chi connectivity index (χ0n) is 25.4. The topological polar surface area (TPSA) is 164 Å². The molecule has 1 heterocycles. The average molecular weight is 601 g/mol. The Labute approximate surface area is 248 Å². The summed E-state index contributed by atoms with van der Waals surface area (Å²) in [4.78, 5) is 35.1. The van der Waals surface area contributed by atoms with Crippen molar-refractivity contribution in [2.45, 2.75) is 142 Å². The number of H-pyrrole nitrogens is 1. The Kier molecular flexibility index (Phi) is 20.8. The lowest BCUT2D eigenvalue weighted by Gasteiger charge is -2.09. The smallest absolute Gasteiger partial charge is 0.234 e. The molecule has 0 saturated carbocycles. The molecule has 0 aliphatic rings. The van der Waals surface area contributed by atoms with Gasteiger partial charge in [-0.25, -0.2) is 8.42 Å². The van der Waals surface area contributed by atoms with E-state index in [1.807, 2.05) is 6.92 Å². The number of tetrazole rings is 1. The minimum absolute atomic E-state index is 0. The summed E-state index contributed by atoms with van der Waals surface area (Å²) in [5.41, 5.74) is 0. The third kappa shape index (κ3) is 22.0. The fourth-order valence-electron chi connectivity index (χ4n) is 4.59. The van der Waals surface area contributed by atoms with Crippen LogP contribution in [0.4, 0.5) is 0 Å². The minimum atomic E-state index is -3.72. The molecule has 0 spiro atoms. The Morgan fingerprint density at radius 2 is 1.34 bits per heavy atom. The van der Waals surface area contributed by atoms with E-state index in [-0.39, 0.29) is 44.1 Å². The van der Waals surface area contributed by atoms with E-state index in [1.165, 1.54) is 51.4 Å². The molecular weight excluding hydrogens is 544 g/mol. The number of unbranched alkanes of at least 4 members (excludes halogenated alkanes) is 13. The molecule has 0 aromatic carbocycles. The molecule has 238 valence electrons. The Morgan fingerprint density at radius 3 is 1.90 bits per heavy atom. The summed E-state index contributed by atoms with van der Waals surface area (Å²) in [6.07, 6.45) is 18.8. The van der Waals surface area contributed by atoms with Gasteiger partial charge in [0, 0.05) is 33.2 Å². The normalized spacial score (nSPS) is 12.2. The zero-order valence-corrected chi connectivity index (χ0v) is 26.2. The van der Waals surface area contributed by atoms with Crippen LogP contribution in [-0.2, 0) is 30.8 Å². The third-order valence-corrected chi connectivity index (χ3v) is 8.72. The average Bonchev–Trinajstić information content (AvgIpc) is 3.43. The number of Topliss-reactive ketones (excluding diaryl/α,β-unsaturated/α-hetero) is 1. The van der Waals surface area contributed by atoms with Crippen molar-refractivity contribution in [1.29, 1.82) is 0 Å². The molecule has 1 aromatic rings. The number of nitrogens with zero attached hydrogens (tertiary/aromatic N) is 3. The predicted octanol–water partition coefficient (Wildman–Crippen LogP) is 5.19. The Balaban J connectivity index is 0.0000168. The molecule has 0 fully saturated rings. The maximum absolute atomic E-state index is 12.1. The molecule has 3 N–H and O–H groups in total. The lowest BCUT2D eigenvalue weighted by Crippen LogP contribution is -2.33. The number of nitrogens with one attached hydrogen (secondary N) is 3. The van der Waals surface area contributed by atoms with Crippen LogP contribution in [0.25, 0.3) is 0 Å². The van der Waals surface area contributed by atoms with Crippen LogP contribution in [0.5, 0.6) is 0 Å². The summed E-state index contributed by atoms with van der Waals surface area (Å²) >= 11 is 0. The molecule has 1 atom stereocenters. The third-order valence-electron chi connectivity index (χ3n) is 7.36. The largest absolute Gasteiger partial charge is 0.356 e. The lowest BCUT2D eigenvalue weighted by atomic mass is 10.0. The maximum atomic E-state index is 12.1. The van der Waals surface area contributed by atoms with Gasteiger partial charge in [-0.15, -0.1) is 10.2 Å². The molecule has 0 bridgehead atoms. The number of carbonyl (C=O) groups excluding carboxylic acids is 3. The number of amides is 2. The number of sulfonamides is 1. The quantitative estimate of drug-likeness (QED) is 0.116. The van der Waals surface area contributed by atoms with Crippen LogP contribution in [-0.4, -0.2) is 58.9 Å². The van der Waals surface area contributed by atoms with Crippen LogP contribution in [0, 0.1) is 5.92 Å². The second kappa shape index (κ2) is 23.2. The van der Waals surface area contributed by atoms with Gasteiger partial charge in [-0.2, -0.15) is 5.21 Å². The molecule has 0 saturated heterocycles. The summed E-state index contributed by atoms with van der Waals surface area (Å²) in [6, 6.07) is 0. The van der Waals surface area contributed by atoms with Crippen molar-refractivity contribution in [1.82, 2.24) is 30.7 Å². The van der Waals surface area contributed by atoms with Gasteiger partial charge in [0.1, 0.15) is 5.78 Å². The van der Waals surface area contributed by atoms with E-state index >= 15 is 0 Å². The predicted molar refractivity (Wildman–Crippen MR) is 163 cm³/mol. The van der Waals surface area contributed by atoms with Crippen LogP contribution in [0.3, 0.4) is 0 Å². The van der Waals surface area contributed by atoms with Gasteiger partial charge in [0.15, 0.2) is 5.82 Å². The van der Waals surface area contributed by atoms with E-state index in [0.717, 1.165) is 57.2 Å². The molecule has 1 aromatic heterocycles. The highest BCUT2D eigenvalue weighted by atomic mass is 32.2. The number of hydrogen-bond acceptors (Lipinski definition) is 8. The first kappa shape index (κ1) is 36.7. The summed E-state index contributed by atoms with van der Waals surface area (Å²) in [6.45, 7) is 4.00. The van der Waals surface area contributed by atoms with Gasteiger partial charge in [-0.1, -0.05) is 89.2 Å². The van der Waals surface area contributed by atoms with Gasteiger partial charge in [0.2, 0.25) is 21.8 Å². The van der Waals surface area contributed by atoms with Crippen LogP contribution in [0.2, 0.25) is 0 Å². The summed E-state index contributed by atoms with van der Waals surface area (Å²) in [7, 11) is -3.72. The first-order valence-corrected chi connectivity index (χ1v) is 17.4. The summed E-state index contributed by atoms with van der Waals surface area (Å²) in [5.74, 6) is 0.0989. The van der Waals surface area contributed by atoms with Gasteiger partial charge in [0.25, 0.3) is 0 Å². The van der Waals surface area contributed by atoms with Gasteiger partial charge in [-0.3, -0.25) is 19.1 Å². The van der Waals surface area contributed by atoms with Gasteiger partial charge >= 0.3 is 0 Å². The van der Waals surface area contributed by atoms with Crippen molar-refractivity contribution in [3.8, 4) is 0 Å². The summed E-state index contributed by atoms with van der Waals surface area (Å²) < 4.78 is 26.4. The first-order valence-electron chi connectivity index (χ1n) is 15.7. The molecule has 12 heteroatoms. The fourth-order valence-corrected chi connectivity index (χ4v) is 5.67.